The second-order valence-corrected chi connectivity index (χ2v) is 7.20. The molecule has 0 saturated heterocycles. The highest BCUT2D eigenvalue weighted by Gasteiger charge is 2.12. The number of benzene rings is 2. The lowest BCUT2D eigenvalue weighted by Crippen LogP contribution is -1.99. The number of aromatic nitrogens is 2. The molecule has 0 atom stereocenters. The summed E-state index contributed by atoms with van der Waals surface area (Å²) >= 11 is 1.50. The fourth-order valence-electron chi connectivity index (χ4n) is 2.28. The van der Waals surface area contributed by atoms with E-state index in [4.69, 9.17) is 10.5 Å². The molecular weight excluding hydrogens is 330 g/mol. The summed E-state index contributed by atoms with van der Waals surface area (Å²) in [5, 5.41) is 0.688. The average molecular weight is 351 g/mol. The highest BCUT2D eigenvalue weighted by molar-refractivity contribution is 7.99. The highest BCUT2D eigenvalue weighted by atomic mass is 32.2. The van der Waals surface area contributed by atoms with E-state index in [1.165, 1.54) is 29.2 Å². The minimum atomic E-state index is 0.377. The fourth-order valence-corrected chi connectivity index (χ4v) is 3.07. The maximum Gasteiger partial charge on any atom is 0.247 e. The predicted octanol–water partition coefficient (Wildman–Crippen LogP) is 5.43. The summed E-state index contributed by atoms with van der Waals surface area (Å²) in [4.78, 5) is 9.53. The Bertz CT molecular complexity index is 846. The minimum absolute atomic E-state index is 0.377. The quantitative estimate of drug-likeness (QED) is 0.621. The normalized spacial score (nSPS) is 10.9. The van der Waals surface area contributed by atoms with E-state index in [-0.39, 0.29) is 0 Å². The lowest BCUT2D eigenvalue weighted by molar-refractivity contribution is 0.462. The Morgan fingerprint density at radius 1 is 0.960 bits per heavy atom. The van der Waals surface area contributed by atoms with Crippen LogP contribution in [0.25, 0.3) is 0 Å². The Morgan fingerprint density at radius 2 is 1.64 bits per heavy atom. The number of nitrogens with two attached hydrogens (primary N) is 1. The molecule has 4 nitrogen and oxygen atoms in total. The molecule has 0 saturated carbocycles. The van der Waals surface area contributed by atoms with Crippen LogP contribution in [0.3, 0.4) is 0 Å². The average Bonchev–Trinajstić information content (AvgIpc) is 2.61. The molecule has 1 heterocycles. The molecule has 0 aliphatic rings. The standard InChI is InChI=1S/C20H21N3OS/c1-13(2)15-6-8-16(9-7-15)24-19-18(21)20(23-12-22-19)25-17-10-4-14(3)5-11-17/h4-13H,21H2,1-3H3. The number of nitrogen functional groups attached to an aromatic ring is 1. The van der Waals surface area contributed by atoms with Gasteiger partial charge in [-0.1, -0.05) is 55.4 Å². The fraction of sp³-hybridized carbons (Fsp3) is 0.200. The third-order valence-electron chi connectivity index (χ3n) is 3.81. The molecule has 0 unspecified atom stereocenters. The molecule has 1 aromatic heterocycles. The van der Waals surface area contributed by atoms with Crippen molar-refractivity contribution in [1.82, 2.24) is 9.97 Å². The molecule has 2 aromatic carbocycles. The van der Waals surface area contributed by atoms with E-state index in [9.17, 15) is 0 Å². The summed E-state index contributed by atoms with van der Waals surface area (Å²) in [6, 6.07) is 16.2. The van der Waals surface area contributed by atoms with Crippen LogP contribution in [-0.4, -0.2) is 9.97 Å². The van der Waals surface area contributed by atoms with E-state index < -0.39 is 0 Å². The molecule has 3 rings (SSSR count). The van der Waals surface area contributed by atoms with Crippen molar-refractivity contribution < 1.29 is 4.74 Å². The van der Waals surface area contributed by atoms with Gasteiger partial charge in [-0.2, -0.15) is 4.98 Å². The van der Waals surface area contributed by atoms with Crippen LogP contribution in [0, 0.1) is 6.92 Å². The van der Waals surface area contributed by atoms with Gasteiger partial charge in [0.05, 0.1) is 0 Å². The summed E-state index contributed by atoms with van der Waals surface area (Å²) in [6.45, 7) is 6.38. The van der Waals surface area contributed by atoms with E-state index in [1.807, 2.05) is 24.3 Å². The van der Waals surface area contributed by atoms with Crippen LogP contribution in [0.4, 0.5) is 5.69 Å². The van der Waals surface area contributed by atoms with E-state index in [2.05, 4.69) is 55.0 Å². The molecule has 0 bridgehead atoms. The zero-order chi connectivity index (χ0) is 17.8. The maximum atomic E-state index is 6.22. The van der Waals surface area contributed by atoms with Gasteiger partial charge in [0.15, 0.2) is 0 Å². The molecule has 0 fully saturated rings. The number of aryl methyl sites for hydroxylation is 1. The summed E-state index contributed by atoms with van der Waals surface area (Å²) in [5.41, 5.74) is 9.14. The Balaban J connectivity index is 1.79. The maximum absolute atomic E-state index is 6.22. The smallest absolute Gasteiger partial charge is 0.247 e. The van der Waals surface area contributed by atoms with E-state index in [0.717, 1.165) is 4.90 Å². The Morgan fingerprint density at radius 3 is 2.28 bits per heavy atom. The van der Waals surface area contributed by atoms with Crippen LogP contribution in [-0.2, 0) is 0 Å². The number of hydrogen-bond acceptors (Lipinski definition) is 5. The lowest BCUT2D eigenvalue weighted by Gasteiger charge is -2.11. The molecule has 5 heteroatoms. The second kappa shape index (κ2) is 7.57. The number of nitrogens with zero attached hydrogens (tertiary/aromatic N) is 2. The van der Waals surface area contributed by atoms with Crippen LogP contribution in [0.5, 0.6) is 11.6 Å². The summed E-state index contributed by atoms with van der Waals surface area (Å²) in [6.07, 6.45) is 1.48. The molecule has 2 N–H and O–H groups in total. The number of hydrogen-bond donors (Lipinski definition) is 1. The topological polar surface area (TPSA) is 61.0 Å². The summed E-state index contributed by atoms with van der Waals surface area (Å²) in [5.74, 6) is 1.57. The SMILES string of the molecule is Cc1ccc(Sc2ncnc(Oc3ccc(C(C)C)cc3)c2N)cc1. The van der Waals surface area contributed by atoms with Crippen LogP contribution >= 0.6 is 11.8 Å². The molecule has 0 aliphatic heterocycles. The first-order valence-electron chi connectivity index (χ1n) is 8.15. The van der Waals surface area contributed by atoms with Crippen LogP contribution < -0.4 is 10.5 Å². The number of anilines is 1. The van der Waals surface area contributed by atoms with E-state index in [1.54, 1.807) is 0 Å². The van der Waals surface area contributed by atoms with Crippen molar-refractivity contribution in [1.29, 1.82) is 0 Å². The van der Waals surface area contributed by atoms with Gasteiger partial charge in [0, 0.05) is 4.90 Å². The summed E-state index contributed by atoms with van der Waals surface area (Å²) in [7, 11) is 0. The zero-order valence-corrected chi connectivity index (χ0v) is 15.4. The van der Waals surface area contributed by atoms with Crippen molar-refractivity contribution in [3.8, 4) is 11.6 Å². The van der Waals surface area contributed by atoms with Gasteiger partial charge in [-0.15, -0.1) is 0 Å². The zero-order valence-electron chi connectivity index (χ0n) is 14.6. The van der Waals surface area contributed by atoms with Gasteiger partial charge in [-0.3, -0.25) is 0 Å². The molecule has 25 heavy (non-hydrogen) atoms. The summed E-state index contributed by atoms with van der Waals surface area (Å²) < 4.78 is 5.85. The third kappa shape index (κ3) is 4.31. The van der Waals surface area contributed by atoms with E-state index >= 15 is 0 Å². The van der Waals surface area contributed by atoms with E-state index in [0.29, 0.717) is 28.3 Å². The minimum Gasteiger partial charge on any atom is -0.437 e. The molecule has 0 amide bonds. The number of rotatable bonds is 5. The number of ether oxygens (including phenoxy) is 1. The van der Waals surface area contributed by atoms with Gasteiger partial charge in [0.2, 0.25) is 5.88 Å². The second-order valence-electron chi connectivity index (χ2n) is 6.14. The Labute approximate surface area is 152 Å². The monoisotopic (exact) mass is 351 g/mol. The van der Waals surface area contributed by atoms with Gasteiger partial charge in [-0.05, 0) is 42.7 Å². The largest absolute Gasteiger partial charge is 0.437 e. The Kier molecular flexibility index (Phi) is 5.24. The molecule has 3 aromatic rings. The van der Waals surface area contributed by atoms with Crippen LogP contribution in [0.15, 0.2) is 64.8 Å². The van der Waals surface area contributed by atoms with Crippen molar-refractivity contribution >= 4 is 17.4 Å². The van der Waals surface area contributed by atoms with Crippen molar-refractivity contribution in [2.45, 2.75) is 36.6 Å². The van der Waals surface area contributed by atoms with Crippen molar-refractivity contribution in [3.05, 3.63) is 66.0 Å². The first-order valence-corrected chi connectivity index (χ1v) is 8.97. The molecule has 0 spiro atoms. The molecule has 0 radical (unpaired) electrons. The van der Waals surface area contributed by atoms with Gasteiger partial charge in [0.25, 0.3) is 0 Å². The molecule has 0 aliphatic carbocycles. The highest BCUT2D eigenvalue weighted by Crippen LogP contribution is 2.35. The predicted molar refractivity (Wildman–Crippen MR) is 102 cm³/mol. The van der Waals surface area contributed by atoms with Gasteiger partial charge in [0.1, 0.15) is 22.8 Å². The van der Waals surface area contributed by atoms with Crippen molar-refractivity contribution in [2.75, 3.05) is 5.73 Å². The third-order valence-corrected chi connectivity index (χ3v) is 4.83. The van der Waals surface area contributed by atoms with Gasteiger partial charge < -0.3 is 10.5 Å². The van der Waals surface area contributed by atoms with Crippen LogP contribution in [0.1, 0.15) is 30.9 Å². The van der Waals surface area contributed by atoms with Crippen LogP contribution in [0.2, 0.25) is 0 Å². The lowest BCUT2D eigenvalue weighted by atomic mass is 10.0. The van der Waals surface area contributed by atoms with Crippen molar-refractivity contribution in [2.24, 2.45) is 0 Å². The molecular formula is C20H21N3OS. The Hall–Kier alpha value is -2.53. The first kappa shape index (κ1) is 17.3. The first-order chi connectivity index (χ1) is 12.0. The van der Waals surface area contributed by atoms with Gasteiger partial charge in [-0.25, -0.2) is 4.98 Å². The van der Waals surface area contributed by atoms with Gasteiger partial charge >= 0.3 is 0 Å². The molecule has 128 valence electrons. The van der Waals surface area contributed by atoms with Crippen molar-refractivity contribution in [3.63, 3.8) is 0 Å².